The van der Waals surface area contributed by atoms with Crippen LogP contribution in [-0.4, -0.2) is 18.0 Å². The lowest BCUT2D eigenvalue weighted by Crippen LogP contribution is -2.18. The number of aldehydes is 1. The van der Waals surface area contributed by atoms with E-state index in [1.165, 1.54) is 0 Å². The van der Waals surface area contributed by atoms with Crippen molar-refractivity contribution < 1.29 is 4.79 Å². The third kappa shape index (κ3) is 3.86. The summed E-state index contributed by atoms with van der Waals surface area (Å²) in [5.74, 6) is 0. The van der Waals surface area contributed by atoms with Crippen molar-refractivity contribution in [1.82, 2.24) is 0 Å². The van der Waals surface area contributed by atoms with Gasteiger partial charge in [-0.1, -0.05) is 29.8 Å². The molecule has 2 nitrogen and oxygen atoms in total. The number of hydrogen-bond donors (Lipinski definition) is 1. The Balaban J connectivity index is 2.46. The number of benzene rings is 1. The van der Waals surface area contributed by atoms with Crippen LogP contribution in [-0.2, 0) is 4.79 Å². The highest BCUT2D eigenvalue weighted by Gasteiger charge is 2.20. The zero-order valence-corrected chi connectivity index (χ0v) is 13.8. The number of aliphatic imine (C=N–C) groups is 1. The lowest BCUT2D eigenvalue weighted by Gasteiger charge is -2.21. The molecule has 21 heavy (non-hydrogen) atoms. The van der Waals surface area contributed by atoms with Crippen LogP contribution < -0.4 is 0 Å². The first-order valence-electron chi connectivity index (χ1n) is 6.87. The Kier molecular flexibility index (Phi) is 5.43. The van der Waals surface area contributed by atoms with Crippen LogP contribution in [0.25, 0.3) is 0 Å². The highest BCUT2D eigenvalue weighted by atomic mass is 35.5. The normalized spacial score (nSPS) is 19.5. The van der Waals surface area contributed by atoms with Gasteiger partial charge in [0.2, 0.25) is 0 Å². The molecule has 0 unspecified atom stereocenters. The van der Waals surface area contributed by atoms with Crippen molar-refractivity contribution in [3.05, 3.63) is 57.0 Å². The number of dihydropyridines is 1. The minimum atomic E-state index is 0.0185. The second kappa shape index (κ2) is 7.10. The minimum absolute atomic E-state index is 0.0185. The van der Waals surface area contributed by atoms with E-state index in [1.54, 1.807) is 0 Å². The van der Waals surface area contributed by atoms with Gasteiger partial charge in [-0.3, -0.25) is 4.99 Å². The Morgan fingerprint density at radius 3 is 2.62 bits per heavy atom. The fraction of sp³-hybridized carbons (Fsp3) is 0.294. The van der Waals surface area contributed by atoms with Crippen LogP contribution in [0, 0.1) is 0 Å². The number of thiol groups is 1. The third-order valence-corrected chi connectivity index (χ3v) is 4.18. The number of allylic oxidation sites excluding steroid dienone is 3. The average Bonchev–Trinajstić information content (AvgIpc) is 2.47. The molecule has 1 atom stereocenters. The molecule has 0 aliphatic carbocycles. The van der Waals surface area contributed by atoms with Crippen molar-refractivity contribution in [3.63, 3.8) is 0 Å². The molecule has 0 spiro atoms. The average molecular weight is 320 g/mol. The molecule has 0 bridgehead atoms. The Morgan fingerprint density at radius 1 is 1.38 bits per heavy atom. The van der Waals surface area contributed by atoms with Crippen molar-refractivity contribution in [2.24, 2.45) is 4.99 Å². The second-order valence-corrected chi connectivity index (χ2v) is 6.21. The van der Waals surface area contributed by atoms with Crippen LogP contribution in [0.5, 0.6) is 0 Å². The van der Waals surface area contributed by atoms with Crippen LogP contribution in [0.4, 0.5) is 0 Å². The van der Waals surface area contributed by atoms with E-state index in [-0.39, 0.29) is 6.04 Å². The second-order valence-electron chi connectivity index (χ2n) is 5.10. The van der Waals surface area contributed by atoms with Gasteiger partial charge in [0.25, 0.3) is 0 Å². The van der Waals surface area contributed by atoms with Crippen LogP contribution >= 0.6 is 24.2 Å². The summed E-state index contributed by atoms with van der Waals surface area (Å²) >= 11 is 10.4. The summed E-state index contributed by atoms with van der Waals surface area (Å²) in [6.45, 7) is 4.01. The first-order chi connectivity index (χ1) is 10.0. The molecule has 2 rings (SSSR count). The topological polar surface area (TPSA) is 29.4 Å². The van der Waals surface area contributed by atoms with Gasteiger partial charge in [-0.2, -0.15) is 0 Å². The zero-order chi connectivity index (χ0) is 15.4. The van der Waals surface area contributed by atoms with Crippen molar-refractivity contribution in [2.45, 2.75) is 32.7 Å². The van der Waals surface area contributed by atoms with Gasteiger partial charge in [0, 0.05) is 22.6 Å². The fourth-order valence-corrected chi connectivity index (χ4v) is 2.53. The highest BCUT2D eigenvalue weighted by Crippen LogP contribution is 2.28. The molecule has 1 heterocycles. The summed E-state index contributed by atoms with van der Waals surface area (Å²) in [7, 11) is 0. The number of halogens is 1. The Bertz CT molecular complexity index is 625. The van der Waals surface area contributed by atoms with E-state index >= 15 is 0 Å². The van der Waals surface area contributed by atoms with Crippen molar-refractivity contribution in [2.75, 3.05) is 0 Å². The van der Waals surface area contributed by atoms with Crippen molar-refractivity contribution in [1.29, 1.82) is 0 Å². The zero-order valence-electron chi connectivity index (χ0n) is 12.1. The van der Waals surface area contributed by atoms with E-state index in [0.29, 0.717) is 11.4 Å². The Morgan fingerprint density at radius 2 is 2.05 bits per heavy atom. The van der Waals surface area contributed by atoms with E-state index in [0.717, 1.165) is 40.0 Å². The Hall–Kier alpha value is -1.32. The standard InChI is InChI=1S/C17H18ClNOS/c1-11(12(2)21)16-8-7-15(9-10-20)19-17(16)13-3-5-14(18)6-4-13/h3-6,8,10,15,21H,7,9H2,1-2H3/b12-11-/t15-/m0/s1. The van der Waals surface area contributed by atoms with Crippen LogP contribution in [0.15, 0.2) is 51.4 Å². The fourth-order valence-electron chi connectivity index (χ4n) is 2.28. The van der Waals surface area contributed by atoms with Crippen LogP contribution in [0.2, 0.25) is 5.02 Å². The Labute approximate surface area is 136 Å². The van der Waals surface area contributed by atoms with Crippen molar-refractivity contribution >= 4 is 36.2 Å². The van der Waals surface area contributed by atoms with E-state index in [2.05, 4.69) is 18.7 Å². The summed E-state index contributed by atoms with van der Waals surface area (Å²) in [4.78, 5) is 16.5. The maximum Gasteiger partial charge on any atom is 0.122 e. The van der Waals surface area contributed by atoms with E-state index < -0.39 is 0 Å². The number of carbonyl (C=O) groups excluding carboxylic acids is 1. The molecule has 0 saturated heterocycles. The van der Waals surface area contributed by atoms with Crippen LogP contribution in [0.1, 0.15) is 32.3 Å². The van der Waals surface area contributed by atoms with E-state index in [1.807, 2.05) is 38.1 Å². The van der Waals surface area contributed by atoms with Gasteiger partial charge in [0.15, 0.2) is 0 Å². The molecule has 0 aromatic heterocycles. The van der Waals surface area contributed by atoms with Crippen LogP contribution in [0.3, 0.4) is 0 Å². The lowest BCUT2D eigenvalue weighted by molar-refractivity contribution is -0.108. The van der Waals surface area contributed by atoms with Gasteiger partial charge in [-0.05, 0) is 42.9 Å². The number of hydrogen-bond acceptors (Lipinski definition) is 3. The summed E-state index contributed by atoms with van der Waals surface area (Å²) in [5, 5.41) is 0.697. The van der Waals surface area contributed by atoms with E-state index in [4.69, 9.17) is 16.6 Å². The molecule has 4 heteroatoms. The first-order valence-corrected chi connectivity index (χ1v) is 7.70. The molecular formula is C17H18ClNOS. The number of carbonyl (C=O) groups is 1. The number of rotatable bonds is 4. The first kappa shape index (κ1) is 16.1. The quantitative estimate of drug-likeness (QED) is 0.635. The van der Waals surface area contributed by atoms with Gasteiger partial charge in [0.1, 0.15) is 6.29 Å². The molecule has 0 radical (unpaired) electrons. The smallest absolute Gasteiger partial charge is 0.122 e. The molecular weight excluding hydrogens is 302 g/mol. The number of nitrogens with zero attached hydrogens (tertiary/aromatic N) is 1. The molecule has 1 aromatic carbocycles. The van der Waals surface area contributed by atoms with Crippen molar-refractivity contribution in [3.8, 4) is 0 Å². The third-order valence-electron chi connectivity index (χ3n) is 3.59. The molecule has 1 aliphatic rings. The summed E-state index contributed by atoms with van der Waals surface area (Å²) < 4.78 is 0. The summed E-state index contributed by atoms with van der Waals surface area (Å²) in [6, 6.07) is 7.64. The maximum absolute atomic E-state index is 10.8. The van der Waals surface area contributed by atoms with Gasteiger partial charge in [0.05, 0.1) is 11.8 Å². The molecule has 1 aromatic rings. The SMILES string of the molecule is C/C(S)=C(\C)C1=CC[C@@H](CC=O)N=C1c1ccc(Cl)cc1. The maximum atomic E-state index is 10.8. The minimum Gasteiger partial charge on any atom is -0.303 e. The summed E-state index contributed by atoms with van der Waals surface area (Å²) in [5.41, 5.74) is 4.12. The van der Waals surface area contributed by atoms with Gasteiger partial charge >= 0.3 is 0 Å². The van der Waals surface area contributed by atoms with Gasteiger partial charge < -0.3 is 4.79 Å². The molecule has 1 aliphatic heterocycles. The van der Waals surface area contributed by atoms with Gasteiger partial charge in [-0.25, -0.2) is 0 Å². The lowest BCUT2D eigenvalue weighted by atomic mass is 9.91. The largest absolute Gasteiger partial charge is 0.303 e. The predicted molar refractivity (Wildman–Crippen MR) is 92.5 cm³/mol. The molecule has 0 amide bonds. The monoisotopic (exact) mass is 319 g/mol. The van der Waals surface area contributed by atoms with Gasteiger partial charge in [-0.15, -0.1) is 12.6 Å². The summed E-state index contributed by atoms with van der Waals surface area (Å²) in [6.07, 6.45) is 4.31. The molecule has 110 valence electrons. The molecule has 0 saturated carbocycles. The molecule has 0 N–H and O–H groups in total. The predicted octanol–water partition coefficient (Wildman–Crippen LogP) is 4.64. The highest BCUT2D eigenvalue weighted by molar-refractivity contribution is 7.84. The van der Waals surface area contributed by atoms with E-state index in [9.17, 15) is 4.79 Å². The molecule has 0 fully saturated rings.